The standard InChI is InChI=1S/C23H19N9O5S/c1-13-7-8-18(25-12-13)38(34,35)30-22-19(37-17-6-4-3-5-16(17)36-2)23(33)27-20(26-22)14-9-10-24-15(11-14)21-28-31-32-29-21/h3-12H,1-2H3,(H2,26,27,30,33)(H,28,29,31,32). The Morgan fingerprint density at radius 3 is 2.55 bits per heavy atom. The molecule has 1 aromatic carbocycles. The Balaban J connectivity index is 1.62. The number of aromatic hydroxyl groups is 1. The molecule has 0 atom stereocenters. The molecule has 0 radical (unpaired) electrons. The van der Waals surface area contributed by atoms with E-state index in [0.717, 1.165) is 5.56 Å². The lowest BCUT2D eigenvalue weighted by Gasteiger charge is -2.16. The topological polar surface area (TPSA) is 191 Å². The van der Waals surface area contributed by atoms with Gasteiger partial charge in [0.25, 0.3) is 15.9 Å². The van der Waals surface area contributed by atoms with Crippen molar-refractivity contribution in [2.75, 3.05) is 11.8 Å². The van der Waals surface area contributed by atoms with Gasteiger partial charge in [0.05, 0.1) is 7.11 Å². The van der Waals surface area contributed by atoms with Crippen molar-refractivity contribution in [1.82, 2.24) is 40.6 Å². The van der Waals surface area contributed by atoms with Gasteiger partial charge in [-0.1, -0.05) is 18.2 Å². The van der Waals surface area contributed by atoms with Crippen molar-refractivity contribution in [2.45, 2.75) is 11.9 Å². The van der Waals surface area contributed by atoms with Crippen LogP contribution in [-0.4, -0.2) is 61.2 Å². The molecule has 0 fully saturated rings. The molecular weight excluding hydrogens is 514 g/mol. The number of aromatic amines is 1. The van der Waals surface area contributed by atoms with E-state index in [1.54, 1.807) is 49.4 Å². The van der Waals surface area contributed by atoms with Crippen LogP contribution in [-0.2, 0) is 10.0 Å². The third-order valence-corrected chi connectivity index (χ3v) is 6.38. The average Bonchev–Trinajstić information content (AvgIpc) is 3.46. The van der Waals surface area contributed by atoms with E-state index >= 15 is 0 Å². The number of nitrogens with one attached hydrogen (secondary N) is 2. The fourth-order valence-corrected chi connectivity index (χ4v) is 4.24. The fourth-order valence-electron chi connectivity index (χ4n) is 3.30. The van der Waals surface area contributed by atoms with Crippen LogP contribution in [0.2, 0.25) is 0 Å². The third-order valence-electron chi connectivity index (χ3n) is 5.13. The molecule has 0 aliphatic heterocycles. The number of rotatable bonds is 8. The highest BCUT2D eigenvalue weighted by molar-refractivity contribution is 7.92. The Bertz CT molecular complexity index is 1700. The number of tetrazole rings is 1. The molecule has 0 spiro atoms. The van der Waals surface area contributed by atoms with Crippen molar-refractivity contribution < 1.29 is 23.0 Å². The van der Waals surface area contributed by atoms with Gasteiger partial charge >= 0.3 is 0 Å². The van der Waals surface area contributed by atoms with Crippen LogP contribution in [0.5, 0.6) is 23.1 Å². The van der Waals surface area contributed by atoms with Crippen LogP contribution in [0.3, 0.4) is 0 Å². The maximum atomic E-state index is 13.2. The molecule has 0 saturated carbocycles. The number of para-hydroxylation sites is 2. The van der Waals surface area contributed by atoms with Crippen LogP contribution < -0.4 is 14.2 Å². The average molecular weight is 534 g/mol. The Hall–Kier alpha value is -5.18. The Kier molecular flexibility index (Phi) is 6.49. The van der Waals surface area contributed by atoms with E-state index in [2.05, 4.69) is 45.3 Å². The van der Waals surface area contributed by atoms with Crippen LogP contribution in [0.1, 0.15) is 5.56 Å². The quantitative estimate of drug-likeness (QED) is 0.265. The van der Waals surface area contributed by atoms with E-state index in [-0.39, 0.29) is 28.2 Å². The SMILES string of the molecule is COc1ccccc1Oc1c(O)nc(-c2ccnc(-c3nnn[nH]3)c2)nc1NS(=O)(=O)c1ccc(C)cn1. The number of hydrogen-bond donors (Lipinski definition) is 3. The van der Waals surface area contributed by atoms with Gasteiger partial charge in [-0.05, 0) is 53.2 Å². The van der Waals surface area contributed by atoms with Gasteiger partial charge in [-0.15, -0.1) is 5.10 Å². The van der Waals surface area contributed by atoms with Gasteiger partial charge < -0.3 is 14.6 Å². The second-order valence-corrected chi connectivity index (χ2v) is 9.39. The summed E-state index contributed by atoms with van der Waals surface area (Å²) in [6, 6.07) is 12.7. The lowest BCUT2D eigenvalue weighted by atomic mass is 10.2. The molecular formula is C23H19N9O5S. The first-order valence-electron chi connectivity index (χ1n) is 10.9. The number of nitrogens with zero attached hydrogens (tertiary/aromatic N) is 7. The van der Waals surface area contributed by atoms with E-state index in [9.17, 15) is 13.5 Å². The summed E-state index contributed by atoms with van der Waals surface area (Å²) in [5.74, 6) is -0.513. The Morgan fingerprint density at radius 1 is 1.03 bits per heavy atom. The molecule has 0 amide bonds. The zero-order valence-corrected chi connectivity index (χ0v) is 20.7. The Morgan fingerprint density at radius 2 is 1.84 bits per heavy atom. The maximum absolute atomic E-state index is 13.2. The fraction of sp³-hybridized carbons (Fsp3) is 0.0870. The molecule has 14 nitrogen and oxygen atoms in total. The lowest BCUT2D eigenvalue weighted by Crippen LogP contribution is -2.16. The van der Waals surface area contributed by atoms with Gasteiger partial charge in [0, 0.05) is 18.0 Å². The van der Waals surface area contributed by atoms with E-state index in [4.69, 9.17) is 9.47 Å². The zero-order valence-electron chi connectivity index (χ0n) is 19.9. The minimum absolute atomic E-state index is 0.0273. The second-order valence-electron chi connectivity index (χ2n) is 7.76. The number of methoxy groups -OCH3 is 1. The number of benzene rings is 1. The van der Waals surface area contributed by atoms with E-state index in [0.29, 0.717) is 22.8 Å². The predicted molar refractivity (Wildman–Crippen MR) is 133 cm³/mol. The molecule has 4 heterocycles. The highest BCUT2D eigenvalue weighted by Gasteiger charge is 2.25. The number of ether oxygens (including phenoxy) is 2. The normalized spacial score (nSPS) is 11.2. The summed E-state index contributed by atoms with van der Waals surface area (Å²) >= 11 is 0. The first kappa shape index (κ1) is 24.5. The molecule has 3 N–H and O–H groups in total. The molecule has 0 saturated heterocycles. The van der Waals surface area contributed by atoms with Gasteiger partial charge in [0.15, 0.2) is 34.0 Å². The summed E-state index contributed by atoms with van der Waals surface area (Å²) in [7, 11) is -2.79. The van der Waals surface area contributed by atoms with Crippen molar-refractivity contribution in [3.8, 4) is 46.0 Å². The summed E-state index contributed by atoms with van der Waals surface area (Å²) < 4.78 is 39.9. The molecule has 0 unspecified atom stereocenters. The number of sulfonamides is 1. The number of anilines is 1. The highest BCUT2D eigenvalue weighted by Crippen LogP contribution is 2.41. The van der Waals surface area contributed by atoms with Crippen molar-refractivity contribution >= 4 is 15.8 Å². The van der Waals surface area contributed by atoms with Gasteiger partial charge in [0.1, 0.15) is 5.69 Å². The lowest BCUT2D eigenvalue weighted by molar-refractivity contribution is 0.361. The van der Waals surface area contributed by atoms with E-state index in [1.165, 1.54) is 25.6 Å². The maximum Gasteiger partial charge on any atom is 0.280 e. The third kappa shape index (κ3) is 5.03. The molecule has 38 heavy (non-hydrogen) atoms. The smallest absolute Gasteiger partial charge is 0.280 e. The highest BCUT2D eigenvalue weighted by atomic mass is 32.2. The number of H-pyrrole nitrogens is 1. The molecule has 0 aliphatic carbocycles. The van der Waals surface area contributed by atoms with Gasteiger partial charge in [-0.25, -0.2) is 15.1 Å². The van der Waals surface area contributed by atoms with Crippen molar-refractivity contribution in [1.29, 1.82) is 0 Å². The van der Waals surface area contributed by atoms with E-state index in [1.807, 2.05) is 0 Å². The molecule has 5 aromatic rings. The van der Waals surface area contributed by atoms with Gasteiger partial charge in [0.2, 0.25) is 5.75 Å². The van der Waals surface area contributed by atoms with Crippen LogP contribution in [0.25, 0.3) is 22.9 Å². The summed E-state index contributed by atoms with van der Waals surface area (Å²) in [4.78, 5) is 16.7. The number of hydrogen-bond acceptors (Lipinski definition) is 12. The number of pyridine rings is 2. The zero-order chi connectivity index (χ0) is 26.7. The van der Waals surface area contributed by atoms with Crippen LogP contribution in [0.4, 0.5) is 5.82 Å². The molecule has 192 valence electrons. The predicted octanol–water partition coefficient (Wildman–Crippen LogP) is 2.73. The van der Waals surface area contributed by atoms with Crippen LogP contribution in [0.15, 0.2) is 66.0 Å². The molecule has 0 bridgehead atoms. The summed E-state index contributed by atoms with van der Waals surface area (Å²) in [6.07, 6.45) is 2.88. The monoisotopic (exact) mass is 533 g/mol. The molecule has 15 heteroatoms. The summed E-state index contributed by atoms with van der Waals surface area (Å²) in [6.45, 7) is 1.78. The first-order valence-corrected chi connectivity index (χ1v) is 12.4. The molecule has 0 aliphatic rings. The number of aryl methyl sites for hydroxylation is 1. The van der Waals surface area contributed by atoms with Crippen molar-refractivity contribution in [3.05, 3.63) is 66.5 Å². The summed E-state index contributed by atoms with van der Waals surface area (Å²) in [5.41, 5.74) is 1.54. The van der Waals surface area contributed by atoms with Crippen LogP contribution >= 0.6 is 0 Å². The number of aromatic nitrogens is 8. The second kappa shape index (κ2) is 10.1. The van der Waals surface area contributed by atoms with Crippen LogP contribution in [0, 0.1) is 6.92 Å². The molecule has 5 rings (SSSR count). The minimum atomic E-state index is -4.24. The largest absolute Gasteiger partial charge is 0.493 e. The van der Waals surface area contributed by atoms with Gasteiger partial charge in [-0.3, -0.25) is 9.71 Å². The van der Waals surface area contributed by atoms with Crippen molar-refractivity contribution in [2.24, 2.45) is 0 Å². The van der Waals surface area contributed by atoms with Gasteiger partial charge in [-0.2, -0.15) is 13.4 Å². The minimum Gasteiger partial charge on any atom is -0.493 e. The van der Waals surface area contributed by atoms with Crippen molar-refractivity contribution in [3.63, 3.8) is 0 Å². The molecule has 4 aromatic heterocycles. The van der Waals surface area contributed by atoms with E-state index < -0.39 is 15.9 Å². The first-order chi connectivity index (χ1) is 18.3. The summed E-state index contributed by atoms with van der Waals surface area (Å²) in [5, 5.41) is 24.1. The Labute approximate surface area is 215 Å².